The second-order valence-electron chi connectivity index (χ2n) is 7.11. The van der Waals surface area contributed by atoms with E-state index in [1.165, 1.54) is 7.11 Å². The highest BCUT2D eigenvalue weighted by Crippen LogP contribution is 2.32. The minimum atomic E-state index is -1.16. The zero-order valence-electron chi connectivity index (χ0n) is 16.0. The molecule has 2 aliphatic rings. The quantitative estimate of drug-likeness (QED) is 0.710. The third-order valence-corrected chi connectivity index (χ3v) is 5.09. The van der Waals surface area contributed by atoms with E-state index < -0.39 is 37.0 Å². The number of ether oxygens (including phenoxy) is 4. The lowest BCUT2D eigenvalue weighted by Gasteiger charge is -2.46. The maximum absolute atomic E-state index is 10.5. The predicted molar refractivity (Wildman–Crippen MR) is 101 cm³/mol. The van der Waals surface area contributed by atoms with Crippen molar-refractivity contribution in [2.75, 3.05) is 13.7 Å². The van der Waals surface area contributed by atoms with Crippen LogP contribution in [0.25, 0.3) is 6.08 Å². The molecule has 0 saturated carbocycles. The molecule has 6 atom stereocenters. The van der Waals surface area contributed by atoms with E-state index in [1.54, 1.807) is 0 Å². The number of aliphatic hydroxyl groups excluding tert-OH is 2. The van der Waals surface area contributed by atoms with Crippen LogP contribution in [-0.2, 0) is 18.9 Å². The molecule has 0 spiro atoms. The predicted octanol–water partition coefficient (Wildman–Crippen LogP) is 2.48. The zero-order chi connectivity index (χ0) is 19.2. The van der Waals surface area contributed by atoms with Crippen molar-refractivity contribution in [3.05, 3.63) is 41.5 Å². The highest BCUT2D eigenvalue weighted by atomic mass is 16.7. The van der Waals surface area contributed by atoms with Gasteiger partial charge in [0, 0.05) is 7.11 Å². The summed E-state index contributed by atoms with van der Waals surface area (Å²) in [6.45, 7) is 2.45. The van der Waals surface area contributed by atoms with Gasteiger partial charge in [-0.25, -0.2) is 0 Å². The van der Waals surface area contributed by atoms with Gasteiger partial charge in [-0.3, -0.25) is 0 Å². The molecule has 6 heteroatoms. The molecule has 1 aromatic carbocycles. The molecule has 3 rings (SSSR count). The monoisotopic (exact) mass is 378 g/mol. The van der Waals surface area contributed by atoms with Gasteiger partial charge in [0.25, 0.3) is 0 Å². The van der Waals surface area contributed by atoms with E-state index in [0.29, 0.717) is 0 Å². The van der Waals surface area contributed by atoms with Crippen molar-refractivity contribution in [3.8, 4) is 0 Å². The molecular formula is C21H30O6. The first-order valence-electron chi connectivity index (χ1n) is 9.71. The molecule has 0 bridgehead atoms. The first kappa shape index (κ1) is 20.5. The van der Waals surface area contributed by atoms with Crippen LogP contribution in [0.15, 0.2) is 35.9 Å². The van der Waals surface area contributed by atoms with E-state index in [2.05, 4.69) is 13.0 Å². The first-order chi connectivity index (χ1) is 13.1. The van der Waals surface area contributed by atoms with Gasteiger partial charge in [0.15, 0.2) is 12.6 Å². The summed E-state index contributed by atoms with van der Waals surface area (Å²) in [5.74, 6) is 0. The Kier molecular flexibility index (Phi) is 7.41. The first-order valence-corrected chi connectivity index (χ1v) is 9.71. The molecule has 2 heterocycles. The number of unbranched alkanes of at least 4 members (excludes halogenated alkanes) is 2. The lowest BCUT2D eigenvalue weighted by molar-refractivity contribution is -0.349. The summed E-state index contributed by atoms with van der Waals surface area (Å²) >= 11 is 0. The number of hydrogen-bond acceptors (Lipinski definition) is 6. The highest BCUT2D eigenvalue weighted by molar-refractivity contribution is 5.53. The van der Waals surface area contributed by atoms with Crippen molar-refractivity contribution in [1.29, 1.82) is 0 Å². The fourth-order valence-corrected chi connectivity index (χ4v) is 3.56. The third-order valence-electron chi connectivity index (χ3n) is 5.09. The molecule has 27 heavy (non-hydrogen) atoms. The number of aliphatic hydroxyl groups is 2. The minimum Gasteiger partial charge on any atom is -0.387 e. The van der Waals surface area contributed by atoms with Crippen LogP contribution in [0.1, 0.15) is 38.2 Å². The summed E-state index contributed by atoms with van der Waals surface area (Å²) in [7, 11) is 1.43. The van der Waals surface area contributed by atoms with Crippen LogP contribution < -0.4 is 0 Å². The maximum atomic E-state index is 10.5. The van der Waals surface area contributed by atoms with E-state index in [1.807, 2.05) is 30.3 Å². The van der Waals surface area contributed by atoms with Crippen LogP contribution in [0.2, 0.25) is 0 Å². The SMILES string of the molecule is CCCCCC(=Cc1ccccc1)C1OC[C@H]2OC(OC)[C@H](O)[C@@H](O)[C@@H]2O1. The van der Waals surface area contributed by atoms with Crippen molar-refractivity contribution in [2.24, 2.45) is 0 Å². The van der Waals surface area contributed by atoms with Crippen molar-refractivity contribution in [3.63, 3.8) is 0 Å². The van der Waals surface area contributed by atoms with Gasteiger partial charge < -0.3 is 29.2 Å². The van der Waals surface area contributed by atoms with Crippen molar-refractivity contribution < 1.29 is 29.2 Å². The number of benzene rings is 1. The highest BCUT2D eigenvalue weighted by Gasteiger charge is 2.49. The molecule has 2 N–H and O–H groups in total. The van der Waals surface area contributed by atoms with Gasteiger partial charge >= 0.3 is 0 Å². The summed E-state index contributed by atoms with van der Waals surface area (Å²) in [6, 6.07) is 10.0. The molecule has 2 unspecified atom stereocenters. The Morgan fingerprint density at radius 2 is 1.93 bits per heavy atom. The van der Waals surface area contributed by atoms with E-state index in [-0.39, 0.29) is 6.61 Å². The lowest BCUT2D eigenvalue weighted by atomic mass is 9.97. The van der Waals surface area contributed by atoms with Crippen LogP contribution >= 0.6 is 0 Å². The van der Waals surface area contributed by atoms with Gasteiger partial charge in [0.2, 0.25) is 0 Å². The van der Waals surface area contributed by atoms with E-state index in [4.69, 9.17) is 18.9 Å². The number of methoxy groups -OCH3 is 1. The summed E-state index contributed by atoms with van der Waals surface area (Å²) in [5, 5.41) is 20.6. The molecule has 0 radical (unpaired) electrons. The average Bonchev–Trinajstić information content (AvgIpc) is 2.70. The van der Waals surface area contributed by atoms with Gasteiger partial charge in [-0.15, -0.1) is 0 Å². The van der Waals surface area contributed by atoms with Crippen molar-refractivity contribution in [1.82, 2.24) is 0 Å². The van der Waals surface area contributed by atoms with Gasteiger partial charge in [-0.05, 0) is 24.0 Å². The summed E-state index contributed by atoms with van der Waals surface area (Å²) in [4.78, 5) is 0. The van der Waals surface area contributed by atoms with Crippen LogP contribution in [0.3, 0.4) is 0 Å². The third kappa shape index (κ3) is 4.96. The normalized spacial score (nSPS) is 34.3. The Hall–Kier alpha value is -1.28. The molecule has 2 aliphatic heterocycles. The molecule has 0 aliphatic carbocycles. The molecule has 2 fully saturated rings. The van der Waals surface area contributed by atoms with Crippen LogP contribution in [-0.4, -0.2) is 60.9 Å². The van der Waals surface area contributed by atoms with Gasteiger partial charge in [-0.1, -0.05) is 56.2 Å². The van der Waals surface area contributed by atoms with Gasteiger partial charge in [0.05, 0.1) is 6.61 Å². The summed E-state index contributed by atoms with van der Waals surface area (Å²) in [6.07, 6.45) is 1.43. The molecule has 2 saturated heterocycles. The number of hydrogen-bond donors (Lipinski definition) is 2. The fraction of sp³-hybridized carbons (Fsp3) is 0.619. The Balaban J connectivity index is 1.75. The van der Waals surface area contributed by atoms with Crippen LogP contribution in [0, 0.1) is 0 Å². The Morgan fingerprint density at radius 1 is 1.15 bits per heavy atom. The zero-order valence-corrected chi connectivity index (χ0v) is 16.0. The lowest BCUT2D eigenvalue weighted by Crippen LogP contribution is -2.63. The minimum absolute atomic E-state index is 0.277. The second kappa shape index (κ2) is 9.78. The number of rotatable bonds is 7. The Labute approximate surface area is 160 Å². The standard InChI is InChI=1S/C21H30O6/c1-3-4-6-11-15(12-14-9-7-5-8-10-14)20-25-13-16-19(27-20)17(22)18(23)21(24-2)26-16/h5,7-10,12,16-23H,3-4,6,11,13H2,1-2H3/t16-,17-,18-,19-,20?,21?/m1/s1. The fourth-order valence-electron chi connectivity index (χ4n) is 3.56. The van der Waals surface area contributed by atoms with E-state index in [9.17, 15) is 10.2 Å². The average molecular weight is 378 g/mol. The van der Waals surface area contributed by atoms with Crippen LogP contribution in [0.4, 0.5) is 0 Å². The van der Waals surface area contributed by atoms with Crippen molar-refractivity contribution >= 4 is 6.08 Å². The van der Waals surface area contributed by atoms with Gasteiger partial charge in [-0.2, -0.15) is 0 Å². The summed E-state index contributed by atoms with van der Waals surface area (Å²) < 4.78 is 22.7. The Morgan fingerprint density at radius 3 is 2.63 bits per heavy atom. The molecular weight excluding hydrogens is 348 g/mol. The van der Waals surface area contributed by atoms with E-state index >= 15 is 0 Å². The maximum Gasteiger partial charge on any atom is 0.186 e. The molecule has 0 aromatic heterocycles. The summed E-state index contributed by atoms with van der Waals surface area (Å²) in [5.41, 5.74) is 2.11. The molecule has 1 aromatic rings. The molecule has 150 valence electrons. The topological polar surface area (TPSA) is 77.4 Å². The molecule has 0 amide bonds. The van der Waals surface area contributed by atoms with Gasteiger partial charge in [0.1, 0.15) is 24.4 Å². The van der Waals surface area contributed by atoms with Crippen LogP contribution in [0.5, 0.6) is 0 Å². The van der Waals surface area contributed by atoms with Crippen molar-refractivity contribution in [2.45, 2.75) is 69.6 Å². The largest absolute Gasteiger partial charge is 0.387 e. The molecule has 6 nitrogen and oxygen atoms in total. The smallest absolute Gasteiger partial charge is 0.186 e. The van der Waals surface area contributed by atoms with E-state index in [0.717, 1.165) is 36.8 Å². The Bertz CT molecular complexity index is 602. The second-order valence-corrected chi connectivity index (χ2v) is 7.11. The number of fused-ring (bicyclic) bond motifs is 1.